The zero-order chi connectivity index (χ0) is 15.0. The summed E-state index contributed by atoms with van der Waals surface area (Å²) in [6.07, 6.45) is 3.54. The molecule has 0 atom stereocenters. The van der Waals surface area contributed by atoms with E-state index in [9.17, 15) is 4.39 Å². The van der Waals surface area contributed by atoms with Gasteiger partial charge >= 0.3 is 0 Å². The smallest absolute Gasteiger partial charge is 0.163 e. The highest BCUT2D eigenvalue weighted by atomic mass is 79.9. The molecule has 5 nitrogen and oxygen atoms in total. The van der Waals surface area contributed by atoms with Crippen molar-refractivity contribution in [3.05, 3.63) is 46.9 Å². The molecule has 106 valence electrons. The molecule has 3 aromatic rings. The maximum absolute atomic E-state index is 13.2. The van der Waals surface area contributed by atoms with E-state index in [1.165, 1.54) is 12.1 Å². The second kappa shape index (κ2) is 5.25. The Bertz CT molecular complexity index is 815. The summed E-state index contributed by atoms with van der Waals surface area (Å²) in [5.41, 5.74) is 8.04. The molecule has 7 heteroatoms. The number of anilines is 1. The van der Waals surface area contributed by atoms with Crippen molar-refractivity contribution in [3.63, 3.8) is 0 Å². The maximum atomic E-state index is 13.2. The summed E-state index contributed by atoms with van der Waals surface area (Å²) in [6.45, 7) is 0. The highest BCUT2D eigenvalue weighted by Crippen LogP contribution is 2.29. The molecule has 0 aliphatic heterocycles. The molecular weight excluding hydrogens is 337 g/mol. The van der Waals surface area contributed by atoms with E-state index in [0.717, 1.165) is 5.56 Å². The average Bonchev–Trinajstić information content (AvgIpc) is 2.84. The van der Waals surface area contributed by atoms with Crippen LogP contribution in [0.15, 0.2) is 41.1 Å². The van der Waals surface area contributed by atoms with E-state index in [1.54, 1.807) is 23.0 Å². The van der Waals surface area contributed by atoms with Crippen LogP contribution < -0.4 is 5.73 Å². The lowest BCUT2D eigenvalue weighted by molar-refractivity contribution is 0.627. The fourth-order valence-corrected chi connectivity index (χ4v) is 2.49. The first kappa shape index (κ1) is 13.7. The summed E-state index contributed by atoms with van der Waals surface area (Å²) in [6, 6.07) is 6.02. The van der Waals surface area contributed by atoms with Gasteiger partial charge in [0.05, 0.1) is 11.9 Å². The summed E-state index contributed by atoms with van der Waals surface area (Å²) >= 11 is 3.32. The lowest BCUT2D eigenvalue weighted by Crippen LogP contribution is -1.98. The molecule has 3 rings (SSSR count). The minimum Gasteiger partial charge on any atom is -0.384 e. The van der Waals surface area contributed by atoms with E-state index in [0.29, 0.717) is 27.4 Å². The summed E-state index contributed by atoms with van der Waals surface area (Å²) < 4.78 is 15.4. The highest BCUT2D eigenvalue weighted by molar-refractivity contribution is 9.10. The van der Waals surface area contributed by atoms with Gasteiger partial charge in [0.15, 0.2) is 5.82 Å². The summed E-state index contributed by atoms with van der Waals surface area (Å²) in [4.78, 5) is 8.69. The summed E-state index contributed by atoms with van der Waals surface area (Å²) in [7, 11) is 1.82. The number of hydrogen-bond acceptors (Lipinski definition) is 4. The number of nitrogens with two attached hydrogens (primary N) is 1. The number of nitrogens with zero attached hydrogens (tertiary/aromatic N) is 4. The standard InChI is InChI=1S/C14H11BrFN5/c1-21-7-8(6-18-21)12-5-13(17)20-14(19-12)10-3-2-9(16)4-11(10)15/h2-7H,1H3,(H2,17,19,20). The zero-order valence-corrected chi connectivity index (χ0v) is 12.7. The average molecular weight is 348 g/mol. The number of hydrogen-bond donors (Lipinski definition) is 1. The van der Waals surface area contributed by atoms with Gasteiger partial charge in [-0.15, -0.1) is 0 Å². The number of rotatable bonds is 2. The molecule has 21 heavy (non-hydrogen) atoms. The molecule has 2 N–H and O–H groups in total. The van der Waals surface area contributed by atoms with Gasteiger partial charge in [0.2, 0.25) is 0 Å². The van der Waals surface area contributed by atoms with E-state index in [-0.39, 0.29) is 5.82 Å². The van der Waals surface area contributed by atoms with E-state index < -0.39 is 0 Å². The lowest BCUT2D eigenvalue weighted by atomic mass is 10.2. The number of benzene rings is 1. The maximum Gasteiger partial charge on any atom is 0.163 e. The minimum absolute atomic E-state index is 0.331. The molecule has 0 fully saturated rings. The molecule has 2 heterocycles. The van der Waals surface area contributed by atoms with Crippen LogP contribution in [0.4, 0.5) is 10.2 Å². The Morgan fingerprint density at radius 2 is 2.05 bits per heavy atom. The fourth-order valence-electron chi connectivity index (χ4n) is 1.96. The third kappa shape index (κ3) is 2.78. The molecule has 0 spiro atoms. The quantitative estimate of drug-likeness (QED) is 0.773. The van der Waals surface area contributed by atoms with Crippen LogP contribution in [0.5, 0.6) is 0 Å². The Hall–Kier alpha value is -2.28. The van der Waals surface area contributed by atoms with E-state index in [1.807, 2.05) is 13.2 Å². The van der Waals surface area contributed by atoms with Crippen molar-refractivity contribution in [3.8, 4) is 22.6 Å². The van der Waals surface area contributed by atoms with E-state index >= 15 is 0 Å². The number of halogens is 2. The van der Waals surface area contributed by atoms with Gasteiger partial charge in [0.1, 0.15) is 11.6 Å². The second-order valence-corrected chi connectivity index (χ2v) is 5.38. The van der Waals surface area contributed by atoms with Crippen LogP contribution >= 0.6 is 15.9 Å². The van der Waals surface area contributed by atoms with Gasteiger partial charge in [-0.05, 0) is 34.1 Å². The molecule has 0 bridgehead atoms. The topological polar surface area (TPSA) is 69.6 Å². The number of aryl methyl sites for hydroxylation is 1. The minimum atomic E-state index is -0.331. The first-order valence-corrected chi connectivity index (χ1v) is 6.91. The van der Waals surface area contributed by atoms with Crippen LogP contribution in [0.2, 0.25) is 0 Å². The molecule has 0 aliphatic rings. The van der Waals surface area contributed by atoms with Crippen LogP contribution in [0.3, 0.4) is 0 Å². The molecule has 1 aromatic carbocycles. The SMILES string of the molecule is Cn1cc(-c2cc(N)nc(-c3ccc(F)cc3Br)n2)cn1. The second-order valence-electron chi connectivity index (χ2n) is 4.53. The Morgan fingerprint density at radius 3 is 2.71 bits per heavy atom. The van der Waals surface area contributed by atoms with E-state index in [2.05, 4.69) is 31.0 Å². The van der Waals surface area contributed by atoms with Gasteiger partial charge in [-0.25, -0.2) is 14.4 Å². The van der Waals surface area contributed by atoms with Crippen LogP contribution in [-0.2, 0) is 7.05 Å². The lowest BCUT2D eigenvalue weighted by Gasteiger charge is -2.06. The Morgan fingerprint density at radius 1 is 1.24 bits per heavy atom. The van der Waals surface area contributed by atoms with Crippen molar-refractivity contribution in [2.24, 2.45) is 7.05 Å². The highest BCUT2D eigenvalue weighted by Gasteiger charge is 2.11. The molecule has 2 aromatic heterocycles. The summed E-state index contributed by atoms with van der Waals surface area (Å²) in [5.74, 6) is 0.442. The van der Waals surface area contributed by atoms with Crippen LogP contribution in [0.25, 0.3) is 22.6 Å². The first-order chi connectivity index (χ1) is 10.0. The Kier molecular flexibility index (Phi) is 3.42. The van der Waals surface area contributed by atoms with Crippen LogP contribution in [-0.4, -0.2) is 19.7 Å². The van der Waals surface area contributed by atoms with Gasteiger partial charge in [-0.1, -0.05) is 0 Å². The molecule has 0 radical (unpaired) electrons. The molecule has 0 saturated carbocycles. The van der Waals surface area contributed by atoms with Crippen LogP contribution in [0, 0.1) is 5.82 Å². The molecule has 0 unspecified atom stereocenters. The Balaban J connectivity index is 2.13. The van der Waals surface area contributed by atoms with Crippen molar-refractivity contribution < 1.29 is 4.39 Å². The zero-order valence-electron chi connectivity index (χ0n) is 11.1. The summed E-state index contributed by atoms with van der Waals surface area (Å²) in [5, 5.41) is 4.11. The van der Waals surface area contributed by atoms with Gasteiger partial charge in [0, 0.05) is 34.9 Å². The predicted molar refractivity (Wildman–Crippen MR) is 81.7 cm³/mol. The third-order valence-corrected chi connectivity index (χ3v) is 3.57. The first-order valence-electron chi connectivity index (χ1n) is 6.12. The van der Waals surface area contributed by atoms with Gasteiger partial charge in [0.25, 0.3) is 0 Å². The van der Waals surface area contributed by atoms with Crippen molar-refractivity contribution in [2.45, 2.75) is 0 Å². The normalized spacial score (nSPS) is 10.8. The van der Waals surface area contributed by atoms with Gasteiger partial charge in [-0.3, -0.25) is 4.68 Å². The number of aromatic nitrogens is 4. The molecule has 0 saturated heterocycles. The Labute approximate surface area is 128 Å². The van der Waals surface area contributed by atoms with Gasteiger partial charge in [-0.2, -0.15) is 5.10 Å². The predicted octanol–water partition coefficient (Wildman–Crippen LogP) is 3.03. The monoisotopic (exact) mass is 347 g/mol. The van der Waals surface area contributed by atoms with Crippen molar-refractivity contribution in [1.29, 1.82) is 0 Å². The van der Waals surface area contributed by atoms with E-state index in [4.69, 9.17) is 5.73 Å². The van der Waals surface area contributed by atoms with Crippen molar-refractivity contribution in [1.82, 2.24) is 19.7 Å². The van der Waals surface area contributed by atoms with Crippen LogP contribution in [0.1, 0.15) is 0 Å². The molecule has 0 aliphatic carbocycles. The van der Waals surface area contributed by atoms with Crippen molar-refractivity contribution in [2.75, 3.05) is 5.73 Å². The molecule has 0 amide bonds. The number of nitrogen functional groups attached to an aromatic ring is 1. The molecular formula is C14H11BrFN5. The fraction of sp³-hybridized carbons (Fsp3) is 0.0714. The largest absolute Gasteiger partial charge is 0.384 e. The third-order valence-electron chi connectivity index (χ3n) is 2.92. The van der Waals surface area contributed by atoms with Gasteiger partial charge < -0.3 is 5.73 Å². The van der Waals surface area contributed by atoms with Crippen molar-refractivity contribution >= 4 is 21.7 Å².